The highest BCUT2D eigenvalue weighted by Gasteiger charge is 2.16. The molecule has 0 saturated heterocycles. The first-order valence-corrected chi connectivity index (χ1v) is 10.3. The molecule has 0 aliphatic rings. The summed E-state index contributed by atoms with van der Waals surface area (Å²) in [6.45, 7) is 2.04. The molecule has 2 heterocycles. The number of nitrogens with zero attached hydrogens (tertiary/aromatic N) is 3. The fourth-order valence-electron chi connectivity index (χ4n) is 2.89. The van der Waals surface area contributed by atoms with Crippen molar-refractivity contribution >= 4 is 55.7 Å². The number of rotatable bonds is 7. The topological polar surface area (TPSA) is 124 Å². The number of anilines is 5. The smallest absolute Gasteiger partial charge is 0.340 e. The van der Waals surface area contributed by atoms with E-state index in [1.165, 1.54) is 17.7 Å². The van der Waals surface area contributed by atoms with Crippen LogP contribution < -0.4 is 21.1 Å². The molecule has 9 nitrogen and oxygen atoms in total. The van der Waals surface area contributed by atoms with Crippen LogP contribution in [0, 0.1) is 0 Å². The minimum Gasteiger partial charge on any atom is -0.497 e. The summed E-state index contributed by atoms with van der Waals surface area (Å²) in [4.78, 5) is 25.2. The number of carbonyl (C=O) groups is 1. The number of thiazole rings is 1. The molecule has 2 aromatic heterocycles. The van der Waals surface area contributed by atoms with E-state index in [4.69, 9.17) is 15.2 Å². The maximum absolute atomic E-state index is 12.2. The predicted octanol–water partition coefficient (Wildman–Crippen LogP) is 4.34. The Morgan fingerprint density at radius 3 is 2.68 bits per heavy atom. The van der Waals surface area contributed by atoms with Crippen molar-refractivity contribution in [3.63, 3.8) is 0 Å². The Kier molecular flexibility index (Phi) is 5.80. The zero-order valence-electron chi connectivity index (χ0n) is 16.9. The number of benzene rings is 2. The number of para-hydroxylation sites is 1. The van der Waals surface area contributed by atoms with E-state index in [1.807, 2.05) is 18.2 Å². The molecule has 2 aromatic carbocycles. The fourth-order valence-corrected chi connectivity index (χ4v) is 3.78. The van der Waals surface area contributed by atoms with Crippen LogP contribution in [-0.4, -0.2) is 34.6 Å². The summed E-state index contributed by atoms with van der Waals surface area (Å²) in [6, 6.07) is 12.6. The maximum Gasteiger partial charge on any atom is 0.340 e. The van der Waals surface area contributed by atoms with Gasteiger partial charge in [-0.15, -0.1) is 0 Å². The molecule has 0 amide bonds. The van der Waals surface area contributed by atoms with Crippen molar-refractivity contribution < 1.29 is 14.3 Å². The molecule has 4 rings (SSSR count). The largest absolute Gasteiger partial charge is 0.497 e. The lowest BCUT2D eigenvalue weighted by molar-refractivity contribution is 0.0527. The van der Waals surface area contributed by atoms with E-state index in [-0.39, 0.29) is 12.3 Å². The molecule has 0 atom stereocenters. The van der Waals surface area contributed by atoms with Crippen LogP contribution in [0.4, 0.5) is 28.1 Å². The van der Waals surface area contributed by atoms with Gasteiger partial charge < -0.3 is 25.8 Å². The van der Waals surface area contributed by atoms with E-state index in [1.54, 1.807) is 38.3 Å². The highest BCUT2D eigenvalue weighted by Crippen LogP contribution is 2.33. The van der Waals surface area contributed by atoms with Gasteiger partial charge in [0.2, 0.25) is 0 Å². The molecular weight excluding hydrogens is 416 g/mol. The summed E-state index contributed by atoms with van der Waals surface area (Å²) in [7, 11) is 1.62. The standard InChI is InChI=1S/C21H20N6O3S/c1-3-30-20(28)13-6-4-5-7-14(13)25-18-17(22)19(24-11-23-18)27-21-26-15-9-8-12(29-2)10-16(15)31-21/h4-11H,3,22H2,1-2H3,(H2,23,24,25,26,27). The number of methoxy groups -OCH3 is 1. The molecule has 158 valence electrons. The molecule has 10 heteroatoms. The molecule has 0 radical (unpaired) electrons. The van der Waals surface area contributed by atoms with Gasteiger partial charge >= 0.3 is 5.97 Å². The number of nitrogens with two attached hydrogens (primary N) is 1. The Hall–Kier alpha value is -3.92. The van der Waals surface area contributed by atoms with Crippen molar-refractivity contribution in [2.45, 2.75) is 6.92 Å². The molecule has 31 heavy (non-hydrogen) atoms. The Morgan fingerprint density at radius 1 is 1.13 bits per heavy atom. The summed E-state index contributed by atoms with van der Waals surface area (Å²) in [5.74, 6) is 1.09. The summed E-state index contributed by atoms with van der Waals surface area (Å²) in [6.07, 6.45) is 1.38. The lowest BCUT2D eigenvalue weighted by Crippen LogP contribution is -2.10. The molecular formula is C21H20N6O3S. The Balaban J connectivity index is 1.60. The number of hydrogen-bond donors (Lipinski definition) is 3. The van der Waals surface area contributed by atoms with Crippen LogP contribution >= 0.6 is 11.3 Å². The highest BCUT2D eigenvalue weighted by molar-refractivity contribution is 7.22. The average molecular weight is 436 g/mol. The van der Waals surface area contributed by atoms with Gasteiger partial charge in [-0.3, -0.25) is 0 Å². The number of esters is 1. The molecule has 0 aliphatic carbocycles. The molecule has 0 bridgehead atoms. The molecule has 0 spiro atoms. The van der Waals surface area contributed by atoms with E-state index >= 15 is 0 Å². The van der Waals surface area contributed by atoms with E-state index in [2.05, 4.69) is 25.6 Å². The SMILES string of the molecule is CCOC(=O)c1ccccc1Nc1ncnc(Nc2nc3ccc(OC)cc3s2)c1N. The second-order valence-electron chi connectivity index (χ2n) is 6.35. The van der Waals surface area contributed by atoms with Crippen molar-refractivity contribution in [2.24, 2.45) is 0 Å². The second-order valence-corrected chi connectivity index (χ2v) is 7.38. The first-order valence-electron chi connectivity index (χ1n) is 9.44. The van der Waals surface area contributed by atoms with Gasteiger partial charge in [0.05, 0.1) is 35.2 Å². The zero-order valence-corrected chi connectivity index (χ0v) is 17.7. The lowest BCUT2D eigenvalue weighted by atomic mass is 10.2. The number of hydrogen-bond acceptors (Lipinski definition) is 10. The summed E-state index contributed by atoms with van der Waals surface area (Å²) in [5.41, 5.74) is 8.34. The lowest BCUT2D eigenvalue weighted by Gasteiger charge is -2.13. The van der Waals surface area contributed by atoms with Crippen LogP contribution in [0.25, 0.3) is 10.2 Å². The van der Waals surface area contributed by atoms with Crippen LogP contribution in [0.15, 0.2) is 48.8 Å². The van der Waals surface area contributed by atoms with Crippen LogP contribution in [0.5, 0.6) is 5.75 Å². The maximum atomic E-state index is 12.2. The summed E-state index contributed by atoms with van der Waals surface area (Å²) < 4.78 is 11.3. The number of nitrogen functional groups attached to an aromatic ring is 1. The number of carbonyl (C=O) groups excluding carboxylic acids is 1. The Morgan fingerprint density at radius 2 is 1.90 bits per heavy atom. The van der Waals surface area contributed by atoms with Gasteiger partial charge in [-0.2, -0.15) is 0 Å². The first kappa shape index (κ1) is 20.4. The van der Waals surface area contributed by atoms with Gasteiger partial charge in [0.15, 0.2) is 16.8 Å². The number of nitrogens with one attached hydrogen (secondary N) is 2. The number of ether oxygens (including phenoxy) is 2. The van der Waals surface area contributed by atoms with Gasteiger partial charge in [0, 0.05) is 0 Å². The van der Waals surface area contributed by atoms with Crippen LogP contribution in [0.3, 0.4) is 0 Å². The van der Waals surface area contributed by atoms with Crippen LogP contribution in [-0.2, 0) is 4.74 Å². The summed E-state index contributed by atoms with van der Waals surface area (Å²) in [5, 5.41) is 6.87. The van der Waals surface area contributed by atoms with Gasteiger partial charge in [-0.05, 0) is 37.3 Å². The van der Waals surface area contributed by atoms with Crippen molar-refractivity contribution in [1.82, 2.24) is 15.0 Å². The molecule has 4 aromatic rings. The molecule has 0 fully saturated rings. The molecule has 0 unspecified atom stereocenters. The average Bonchev–Trinajstić information content (AvgIpc) is 3.18. The minimum atomic E-state index is -0.429. The molecule has 4 N–H and O–H groups in total. The first-order chi connectivity index (χ1) is 15.1. The van der Waals surface area contributed by atoms with Gasteiger partial charge in [0.25, 0.3) is 0 Å². The van der Waals surface area contributed by atoms with Crippen molar-refractivity contribution in [1.29, 1.82) is 0 Å². The van der Waals surface area contributed by atoms with E-state index in [0.717, 1.165) is 16.0 Å². The number of aromatic nitrogens is 3. The van der Waals surface area contributed by atoms with Crippen LogP contribution in [0.2, 0.25) is 0 Å². The minimum absolute atomic E-state index is 0.283. The predicted molar refractivity (Wildman–Crippen MR) is 122 cm³/mol. The third-order valence-corrected chi connectivity index (χ3v) is 5.31. The van der Waals surface area contributed by atoms with Crippen LogP contribution in [0.1, 0.15) is 17.3 Å². The quantitative estimate of drug-likeness (QED) is 0.363. The second kappa shape index (κ2) is 8.84. The highest BCUT2D eigenvalue weighted by atomic mass is 32.1. The van der Waals surface area contributed by atoms with Crippen molar-refractivity contribution in [3.8, 4) is 5.75 Å². The molecule has 0 aliphatic heterocycles. The van der Waals surface area contributed by atoms with E-state index in [9.17, 15) is 4.79 Å². The third kappa shape index (κ3) is 4.33. The normalized spacial score (nSPS) is 10.6. The van der Waals surface area contributed by atoms with E-state index < -0.39 is 5.97 Å². The number of fused-ring (bicyclic) bond motifs is 1. The fraction of sp³-hybridized carbons (Fsp3) is 0.143. The Labute approximate surface area is 182 Å². The monoisotopic (exact) mass is 436 g/mol. The summed E-state index contributed by atoms with van der Waals surface area (Å²) >= 11 is 1.45. The van der Waals surface area contributed by atoms with Gasteiger partial charge in [-0.25, -0.2) is 19.7 Å². The third-order valence-electron chi connectivity index (χ3n) is 4.38. The van der Waals surface area contributed by atoms with Gasteiger partial charge in [0.1, 0.15) is 17.8 Å². The zero-order chi connectivity index (χ0) is 21.8. The van der Waals surface area contributed by atoms with E-state index in [0.29, 0.717) is 28.0 Å². The van der Waals surface area contributed by atoms with Crippen molar-refractivity contribution in [2.75, 3.05) is 30.1 Å². The van der Waals surface area contributed by atoms with Gasteiger partial charge in [-0.1, -0.05) is 23.5 Å². The Bertz CT molecular complexity index is 1240. The molecule has 0 saturated carbocycles. The van der Waals surface area contributed by atoms with Crippen molar-refractivity contribution in [3.05, 3.63) is 54.4 Å².